The van der Waals surface area contributed by atoms with E-state index >= 15 is 0 Å². The van der Waals surface area contributed by atoms with Gasteiger partial charge in [0.1, 0.15) is 5.82 Å². The van der Waals surface area contributed by atoms with Crippen molar-refractivity contribution in [2.24, 2.45) is 5.10 Å². The second-order valence-electron chi connectivity index (χ2n) is 4.99. The Morgan fingerprint density at radius 2 is 2.05 bits per heavy atom. The van der Waals surface area contributed by atoms with Crippen LogP contribution in [-0.2, 0) is 4.74 Å². The maximum absolute atomic E-state index is 12.7. The van der Waals surface area contributed by atoms with Crippen LogP contribution in [0.15, 0.2) is 29.4 Å². The molecule has 0 aliphatic carbocycles. The number of hydrogen-bond acceptors (Lipinski definition) is 4. The molecule has 0 aromatic heterocycles. The van der Waals surface area contributed by atoms with E-state index in [4.69, 9.17) is 17.0 Å². The Bertz CT molecular complexity index is 489. The van der Waals surface area contributed by atoms with Gasteiger partial charge in [-0.1, -0.05) is 12.1 Å². The van der Waals surface area contributed by atoms with Gasteiger partial charge < -0.3 is 10.1 Å². The highest BCUT2D eigenvalue weighted by Gasteiger charge is 2.08. The SMILES string of the molecule is Fc1ccc(/C=N\NC(=S)NCCCN2CCOCC2)cc1. The van der Waals surface area contributed by atoms with Crippen LogP contribution in [0.2, 0.25) is 0 Å². The molecular formula is C15H21FN4OS. The van der Waals surface area contributed by atoms with Gasteiger partial charge in [0.05, 0.1) is 19.4 Å². The van der Waals surface area contributed by atoms with E-state index in [1.165, 1.54) is 12.1 Å². The summed E-state index contributed by atoms with van der Waals surface area (Å²) in [6, 6.07) is 6.09. The molecule has 22 heavy (non-hydrogen) atoms. The van der Waals surface area contributed by atoms with Gasteiger partial charge in [0.15, 0.2) is 5.11 Å². The standard InChI is InChI=1S/C15H21FN4OS/c16-14-4-2-13(3-5-14)12-18-19-15(22)17-6-1-7-20-8-10-21-11-9-20/h2-5,12H,1,6-11H2,(H2,17,19,22)/b18-12-. The first-order valence-corrected chi connectivity index (χ1v) is 7.77. The molecule has 0 amide bonds. The molecule has 0 bridgehead atoms. The molecular weight excluding hydrogens is 303 g/mol. The van der Waals surface area contributed by atoms with Crippen molar-refractivity contribution >= 4 is 23.5 Å². The van der Waals surface area contributed by atoms with E-state index in [2.05, 4.69) is 20.7 Å². The van der Waals surface area contributed by atoms with Gasteiger partial charge in [0, 0.05) is 19.6 Å². The van der Waals surface area contributed by atoms with Crippen LogP contribution in [0.3, 0.4) is 0 Å². The van der Waals surface area contributed by atoms with Crippen molar-refractivity contribution in [3.05, 3.63) is 35.6 Å². The molecule has 2 N–H and O–H groups in total. The molecule has 7 heteroatoms. The largest absolute Gasteiger partial charge is 0.379 e. The van der Waals surface area contributed by atoms with Gasteiger partial charge in [-0.15, -0.1) is 0 Å². The molecule has 2 rings (SSSR count). The third-order valence-corrected chi connectivity index (χ3v) is 3.53. The van der Waals surface area contributed by atoms with Crippen molar-refractivity contribution < 1.29 is 9.13 Å². The van der Waals surface area contributed by atoms with Crippen molar-refractivity contribution in [2.75, 3.05) is 39.4 Å². The number of hydrazone groups is 1. The highest BCUT2D eigenvalue weighted by molar-refractivity contribution is 7.80. The second-order valence-corrected chi connectivity index (χ2v) is 5.39. The topological polar surface area (TPSA) is 48.9 Å². The fourth-order valence-electron chi connectivity index (χ4n) is 2.08. The number of morpholine rings is 1. The highest BCUT2D eigenvalue weighted by atomic mass is 32.1. The fourth-order valence-corrected chi connectivity index (χ4v) is 2.24. The molecule has 0 radical (unpaired) electrons. The summed E-state index contributed by atoms with van der Waals surface area (Å²) in [5.41, 5.74) is 3.56. The molecule has 0 saturated carbocycles. The zero-order valence-electron chi connectivity index (χ0n) is 12.4. The Morgan fingerprint density at radius 1 is 1.32 bits per heavy atom. The monoisotopic (exact) mass is 324 g/mol. The summed E-state index contributed by atoms with van der Waals surface area (Å²) in [4.78, 5) is 2.38. The van der Waals surface area contributed by atoms with Gasteiger partial charge in [-0.3, -0.25) is 10.3 Å². The van der Waals surface area contributed by atoms with Crippen LogP contribution in [0.4, 0.5) is 4.39 Å². The van der Waals surface area contributed by atoms with E-state index < -0.39 is 0 Å². The number of ether oxygens (including phenoxy) is 1. The minimum Gasteiger partial charge on any atom is -0.379 e. The maximum Gasteiger partial charge on any atom is 0.186 e. The van der Waals surface area contributed by atoms with Crippen molar-refractivity contribution in [1.82, 2.24) is 15.6 Å². The van der Waals surface area contributed by atoms with E-state index in [1.54, 1.807) is 18.3 Å². The number of hydrogen-bond donors (Lipinski definition) is 2. The first-order valence-electron chi connectivity index (χ1n) is 7.36. The Hall–Kier alpha value is -1.57. The molecule has 0 unspecified atom stereocenters. The van der Waals surface area contributed by atoms with E-state index in [1.807, 2.05) is 0 Å². The second kappa shape index (κ2) is 9.45. The van der Waals surface area contributed by atoms with Crippen LogP contribution in [0.1, 0.15) is 12.0 Å². The lowest BCUT2D eigenvalue weighted by molar-refractivity contribution is 0.0376. The summed E-state index contributed by atoms with van der Waals surface area (Å²) in [5, 5.41) is 7.60. The maximum atomic E-state index is 12.7. The number of nitrogens with zero attached hydrogens (tertiary/aromatic N) is 2. The van der Waals surface area contributed by atoms with Gasteiger partial charge in [-0.25, -0.2) is 4.39 Å². The third kappa shape index (κ3) is 6.46. The predicted molar refractivity (Wildman–Crippen MR) is 89.6 cm³/mol. The summed E-state index contributed by atoms with van der Waals surface area (Å²) in [6.45, 7) is 5.50. The lowest BCUT2D eigenvalue weighted by Crippen LogP contribution is -2.39. The molecule has 0 atom stereocenters. The van der Waals surface area contributed by atoms with Crippen LogP contribution >= 0.6 is 12.2 Å². The average molecular weight is 324 g/mol. The van der Waals surface area contributed by atoms with Crippen molar-refractivity contribution in [3.63, 3.8) is 0 Å². The predicted octanol–water partition coefficient (Wildman–Crippen LogP) is 1.35. The molecule has 1 aliphatic rings. The zero-order chi connectivity index (χ0) is 15.6. The van der Waals surface area contributed by atoms with Gasteiger partial charge in [0.2, 0.25) is 0 Å². The van der Waals surface area contributed by atoms with Crippen LogP contribution in [0.5, 0.6) is 0 Å². The third-order valence-electron chi connectivity index (χ3n) is 3.29. The van der Waals surface area contributed by atoms with E-state index in [0.29, 0.717) is 5.11 Å². The number of rotatable bonds is 6. The van der Waals surface area contributed by atoms with Gasteiger partial charge in [-0.05, 0) is 42.9 Å². The Morgan fingerprint density at radius 3 is 2.77 bits per heavy atom. The summed E-state index contributed by atoms with van der Waals surface area (Å²) in [5.74, 6) is -0.262. The van der Waals surface area contributed by atoms with Crippen LogP contribution in [0.25, 0.3) is 0 Å². The molecule has 1 aliphatic heterocycles. The molecule has 1 aromatic rings. The minimum absolute atomic E-state index is 0.262. The zero-order valence-corrected chi connectivity index (χ0v) is 13.2. The van der Waals surface area contributed by atoms with Crippen molar-refractivity contribution in [1.29, 1.82) is 0 Å². The lowest BCUT2D eigenvalue weighted by Gasteiger charge is -2.26. The molecule has 1 fully saturated rings. The number of halogens is 1. The van der Waals surface area contributed by atoms with Crippen LogP contribution in [-0.4, -0.2) is 55.6 Å². The lowest BCUT2D eigenvalue weighted by atomic mass is 10.2. The number of benzene rings is 1. The number of nitrogens with one attached hydrogen (secondary N) is 2. The van der Waals surface area contributed by atoms with E-state index in [0.717, 1.165) is 51.4 Å². The molecule has 1 heterocycles. The summed E-state index contributed by atoms with van der Waals surface area (Å²) in [6.07, 6.45) is 2.62. The molecule has 1 saturated heterocycles. The van der Waals surface area contributed by atoms with Gasteiger partial charge in [0.25, 0.3) is 0 Å². The van der Waals surface area contributed by atoms with Crippen LogP contribution < -0.4 is 10.7 Å². The normalized spacial score (nSPS) is 15.9. The summed E-state index contributed by atoms with van der Waals surface area (Å²) in [7, 11) is 0. The number of thiocarbonyl (C=S) groups is 1. The molecule has 0 spiro atoms. The molecule has 5 nitrogen and oxygen atoms in total. The van der Waals surface area contributed by atoms with E-state index in [-0.39, 0.29) is 5.82 Å². The first kappa shape index (κ1) is 16.8. The summed E-state index contributed by atoms with van der Waals surface area (Å²) >= 11 is 5.13. The van der Waals surface area contributed by atoms with Gasteiger partial charge >= 0.3 is 0 Å². The molecule has 120 valence electrons. The smallest absolute Gasteiger partial charge is 0.186 e. The Balaban J connectivity index is 1.56. The fraction of sp³-hybridized carbons (Fsp3) is 0.467. The first-order chi connectivity index (χ1) is 10.7. The quantitative estimate of drug-likeness (QED) is 0.358. The van der Waals surface area contributed by atoms with Crippen molar-refractivity contribution in [2.45, 2.75) is 6.42 Å². The van der Waals surface area contributed by atoms with E-state index in [9.17, 15) is 4.39 Å². The van der Waals surface area contributed by atoms with Crippen molar-refractivity contribution in [3.8, 4) is 0 Å². The van der Waals surface area contributed by atoms with Crippen LogP contribution in [0, 0.1) is 5.82 Å². The Labute approximate surface area is 135 Å². The average Bonchev–Trinajstić information content (AvgIpc) is 2.54. The summed E-state index contributed by atoms with van der Waals surface area (Å²) < 4.78 is 18.1. The van der Waals surface area contributed by atoms with Gasteiger partial charge in [-0.2, -0.15) is 5.10 Å². The highest BCUT2D eigenvalue weighted by Crippen LogP contribution is 1.99. The molecule has 1 aromatic carbocycles. The Kier molecular flexibility index (Phi) is 7.21. The minimum atomic E-state index is -0.262.